The molecule has 158 valence electrons. The molecule has 1 amide bonds. The first-order valence-electron chi connectivity index (χ1n) is 10.1. The predicted molar refractivity (Wildman–Crippen MR) is 120 cm³/mol. The van der Waals surface area contributed by atoms with Gasteiger partial charge in [0.05, 0.1) is 11.5 Å². The number of nitrogens with zero attached hydrogens (tertiary/aromatic N) is 5. The summed E-state index contributed by atoms with van der Waals surface area (Å²) in [7, 11) is 1.84. The summed E-state index contributed by atoms with van der Waals surface area (Å²) < 4.78 is 1.81. The van der Waals surface area contributed by atoms with Crippen molar-refractivity contribution in [1.29, 1.82) is 0 Å². The van der Waals surface area contributed by atoms with Gasteiger partial charge >= 0.3 is 0 Å². The minimum Gasteiger partial charge on any atom is -0.308 e. The first-order chi connectivity index (χ1) is 15.0. The lowest BCUT2D eigenvalue weighted by molar-refractivity contribution is -0.132. The van der Waals surface area contributed by atoms with E-state index in [0.717, 1.165) is 16.8 Å². The summed E-state index contributed by atoms with van der Waals surface area (Å²) in [6.45, 7) is 2.23. The number of hydrogen-bond acceptors (Lipinski definition) is 6. The van der Waals surface area contributed by atoms with Gasteiger partial charge in [-0.2, -0.15) is 5.10 Å². The number of ketones is 1. The molecule has 0 radical (unpaired) electrons. The molecule has 0 unspecified atom stereocenters. The summed E-state index contributed by atoms with van der Waals surface area (Å²) in [4.78, 5) is 24.8. The van der Waals surface area contributed by atoms with Crippen molar-refractivity contribution in [3.63, 3.8) is 0 Å². The number of carbonyl (C=O) groups excluding carboxylic acids is 2. The van der Waals surface area contributed by atoms with Crippen molar-refractivity contribution in [3.8, 4) is 0 Å². The summed E-state index contributed by atoms with van der Waals surface area (Å²) in [5.74, 6) is 0.898. The fourth-order valence-electron chi connectivity index (χ4n) is 3.26. The van der Waals surface area contributed by atoms with E-state index < -0.39 is 0 Å². The second kappa shape index (κ2) is 9.26. The standard InChI is InChI=1S/C23H23N5O2S/c1-16-8-10-18(11-9-16)20(29)15-31-23-25-24-21(27(23)2)14-28-22(30)13-12-19(26-28)17-6-4-3-5-7-17/h3-11H,12-15H2,1-2H3. The number of carbonyl (C=O) groups is 2. The quantitative estimate of drug-likeness (QED) is 0.420. The summed E-state index contributed by atoms with van der Waals surface area (Å²) in [6, 6.07) is 17.4. The van der Waals surface area contributed by atoms with Crippen LogP contribution in [0.2, 0.25) is 0 Å². The highest BCUT2D eigenvalue weighted by atomic mass is 32.2. The van der Waals surface area contributed by atoms with Crippen molar-refractivity contribution in [3.05, 3.63) is 77.1 Å². The molecule has 2 aromatic carbocycles. The van der Waals surface area contributed by atoms with Crippen LogP contribution in [0.5, 0.6) is 0 Å². The summed E-state index contributed by atoms with van der Waals surface area (Å²) in [6.07, 6.45) is 1.04. The van der Waals surface area contributed by atoms with E-state index in [9.17, 15) is 9.59 Å². The van der Waals surface area contributed by atoms with E-state index >= 15 is 0 Å². The zero-order valence-corrected chi connectivity index (χ0v) is 18.3. The number of hydrazone groups is 1. The molecule has 0 bridgehead atoms. The van der Waals surface area contributed by atoms with Crippen LogP contribution in [-0.2, 0) is 18.4 Å². The smallest absolute Gasteiger partial charge is 0.243 e. The number of thioether (sulfide) groups is 1. The van der Waals surface area contributed by atoms with Crippen molar-refractivity contribution < 1.29 is 9.59 Å². The molecule has 1 aliphatic rings. The Morgan fingerprint density at radius 2 is 1.77 bits per heavy atom. The number of benzene rings is 2. The molecule has 3 aromatic rings. The Hall–Kier alpha value is -3.26. The maximum Gasteiger partial charge on any atom is 0.243 e. The zero-order valence-electron chi connectivity index (χ0n) is 17.5. The van der Waals surface area contributed by atoms with Crippen LogP contribution in [0.3, 0.4) is 0 Å². The molecule has 0 saturated heterocycles. The lowest BCUT2D eigenvalue weighted by Crippen LogP contribution is -2.32. The molecule has 1 aromatic heterocycles. The maximum atomic E-state index is 12.4. The molecule has 7 nitrogen and oxygen atoms in total. The summed E-state index contributed by atoms with van der Waals surface area (Å²) >= 11 is 1.34. The molecule has 2 heterocycles. The Morgan fingerprint density at radius 1 is 1.03 bits per heavy atom. The van der Waals surface area contributed by atoms with Gasteiger partial charge in [-0.25, -0.2) is 5.01 Å². The van der Waals surface area contributed by atoms with Crippen LogP contribution in [0, 0.1) is 6.92 Å². The SMILES string of the molecule is Cc1ccc(C(=O)CSc2nnc(CN3N=C(c4ccccc4)CCC3=O)n2C)cc1. The summed E-state index contributed by atoms with van der Waals surface area (Å²) in [5, 5.41) is 15.1. The van der Waals surface area contributed by atoms with Gasteiger partial charge < -0.3 is 4.57 Å². The van der Waals surface area contributed by atoms with Crippen LogP contribution < -0.4 is 0 Å². The number of hydrogen-bond donors (Lipinski definition) is 0. The molecule has 0 aliphatic carbocycles. The van der Waals surface area contributed by atoms with Gasteiger partial charge in [0.1, 0.15) is 6.54 Å². The molecule has 0 saturated carbocycles. The Morgan fingerprint density at radius 3 is 2.52 bits per heavy atom. The van der Waals surface area contributed by atoms with E-state index in [1.165, 1.54) is 16.8 Å². The van der Waals surface area contributed by atoms with Gasteiger partial charge in [0.25, 0.3) is 0 Å². The highest BCUT2D eigenvalue weighted by Crippen LogP contribution is 2.21. The summed E-state index contributed by atoms with van der Waals surface area (Å²) in [5.41, 5.74) is 3.71. The third-order valence-electron chi connectivity index (χ3n) is 5.13. The minimum absolute atomic E-state index is 0.0357. The Kier molecular flexibility index (Phi) is 6.27. The molecular formula is C23H23N5O2S. The van der Waals surface area contributed by atoms with Crippen molar-refractivity contribution >= 4 is 29.2 Å². The van der Waals surface area contributed by atoms with E-state index in [-0.39, 0.29) is 24.0 Å². The highest BCUT2D eigenvalue weighted by molar-refractivity contribution is 7.99. The third kappa shape index (κ3) is 4.91. The lowest BCUT2D eigenvalue weighted by Gasteiger charge is -2.23. The number of aromatic nitrogens is 3. The molecule has 1 aliphatic heterocycles. The van der Waals surface area contributed by atoms with Gasteiger partial charge in [-0.15, -0.1) is 10.2 Å². The molecule has 0 N–H and O–H groups in total. The largest absolute Gasteiger partial charge is 0.308 e. The second-order valence-electron chi connectivity index (χ2n) is 7.40. The monoisotopic (exact) mass is 433 g/mol. The normalized spacial score (nSPS) is 13.9. The van der Waals surface area contributed by atoms with Crippen LogP contribution in [-0.4, -0.2) is 42.9 Å². The van der Waals surface area contributed by atoms with E-state index in [4.69, 9.17) is 0 Å². The van der Waals surface area contributed by atoms with E-state index in [2.05, 4.69) is 15.3 Å². The zero-order chi connectivity index (χ0) is 21.8. The molecule has 4 rings (SSSR count). The van der Waals surface area contributed by atoms with Crippen LogP contribution in [0.4, 0.5) is 0 Å². The van der Waals surface area contributed by atoms with Crippen LogP contribution in [0.25, 0.3) is 0 Å². The van der Waals surface area contributed by atoms with Gasteiger partial charge in [0.15, 0.2) is 16.8 Å². The maximum absolute atomic E-state index is 12.4. The average molecular weight is 434 g/mol. The number of amides is 1. The van der Waals surface area contributed by atoms with E-state index in [1.807, 2.05) is 73.1 Å². The van der Waals surface area contributed by atoms with Crippen molar-refractivity contribution in [1.82, 2.24) is 19.8 Å². The predicted octanol–water partition coefficient (Wildman–Crippen LogP) is 3.63. The van der Waals surface area contributed by atoms with Gasteiger partial charge in [-0.1, -0.05) is 71.9 Å². The Balaban J connectivity index is 1.43. The minimum atomic E-state index is -0.0357. The first-order valence-corrected chi connectivity index (χ1v) is 11.0. The van der Waals surface area contributed by atoms with Crippen molar-refractivity contribution in [2.24, 2.45) is 12.1 Å². The van der Waals surface area contributed by atoms with Crippen molar-refractivity contribution in [2.45, 2.75) is 31.5 Å². The van der Waals surface area contributed by atoms with Crippen LogP contribution in [0.15, 0.2) is 64.9 Å². The highest BCUT2D eigenvalue weighted by Gasteiger charge is 2.23. The second-order valence-corrected chi connectivity index (χ2v) is 8.34. The van der Waals surface area contributed by atoms with Crippen LogP contribution >= 0.6 is 11.8 Å². The molecule has 8 heteroatoms. The van der Waals surface area contributed by atoms with Gasteiger partial charge in [0.2, 0.25) is 5.91 Å². The van der Waals surface area contributed by atoms with Gasteiger partial charge in [0, 0.05) is 25.5 Å². The van der Waals surface area contributed by atoms with Crippen LogP contribution in [0.1, 0.15) is 40.2 Å². The number of aryl methyl sites for hydroxylation is 1. The first kappa shape index (κ1) is 21.0. The molecule has 0 spiro atoms. The number of Topliss-reactive ketones (excluding diaryl/α,β-unsaturated/α-hetero) is 1. The van der Waals surface area contributed by atoms with Crippen molar-refractivity contribution in [2.75, 3.05) is 5.75 Å². The topological polar surface area (TPSA) is 80.5 Å². The van der Waals surface area contributed by atoms with Gasteiger partial charge in [-0.3, -0.25) is 9.59 Å². The molecule has 0 fully saturated rings. The molecule has 31 heavy (non-hydrogen) atoms. The Bertz CT molecular complexity index is 1120. The Labute approximate surface area is 185 Å². The fourth-order valence-corrected chi connectivity index (χ4v) is 4.08. The van der Waals surface area contributed by atoms with E-state index in [0.29, 0.717) is 29.4 Å². The van der Waals surface area contributed by atoms with Gasteiger partial charge in [-0.05, 0) is 12.5 Å². The lowest BCUT2D eigenvalue weighted by atomic mass is 10.0. The average Bonchev–Trinajstić information content (AvgIpc) is 3.14. The fraction of sp³-hybridized carbons (Fsp3) is 0.261. The molecule has 0 atom stereocenters. The third-order valence-corrected chi connectivity index (χ3v) is 6.15. The number of rotatable bonds is 7. The molecular weight excluding hydrogens is 410 g/mol. The van der Waals surface area contributed by atoms with E-state index in [1.54, 1.807) is 0 Å².